The first-order valence-corrected chi connectivity index (χ1v) is 8.96. The number of nitrogens with zero attached hydrogens (tertiary/aromatic N) is 3. The molecule has 27 heavy (non-hydrogen) atoms. The van der Waals surface area contributed by atoms with E-state index >= 15 is 0 Å². The topological polar surface area (TPSA) is 57.0 Å². The van der Waals surface area contributed by atoms with E-state index in [1.54, 1.807) is 20.0 Å². The van der Waals surface area contributed by atoms with Crippen LogP contribution in [0.5, 0.6) is 0 Å². The number of carbonyl (C=O) groups is 1. The molecule has 0 aliphatic carbocycles. The van der Waals surface area contributed by atoms with Crippen LogP contribution in [0, 0.1) is 18.3 Å². The Morgan fingerprint density at radius 2 is 1.96 bits per heavy atom. The number of hydrogen-bond donors (Lipinski definition) is 0. The summed E-state index contributed by atoms with van der Waals surface area (Å²) in [7, 11) is 1.63. The standard InChI is InChI=1S/C19H18F3N3OS/c1-12-9-16(19(20,21)22)15(10-23)17(24-12)27-13(2)18(26)25(3)11-14-7-5-4-6-8-14/h4-9,13H,11H2,1-3H3. The molecule has 1 atom stereocenters. The third kappa shape index (κ3) is 5.23. The van der Waals surface area contributed by atoms with Crippen LogP contribution in [0.2, 0.25) is 0 Å². The quantitative estimate of drug-likeness (QED) is 0.706. The van der Waals surface area contributed by atoms with E-state index < -0.39 is 22.6 Å². The van der Waals surface area contributed by atoms with Gasteiger partial charge >= 0.3 is 6.18 Å². The molecular weight excluding hydrogens is 375 g/mol. The number of hydrogen-bond acceptors (Lipinski definition) is 4. The molecule has 0 aliphatic heterocycles. The van der Waals surface area contributed by atoms with Gasteiger partial charge in [0.2, 0.25) is 5.91 Å². The molecule has 0 saturated heterocycles. The summed E-state index contributed by atoms with van der Waals surface area (Å²) in [6.07, 6.45) is -4.66. The second-order valence-corrected chi connectivity index (χ2v) is 7.37. The first-order chi connectivity index (χ1) is 12.6. The van der Waals surface area contributed by atoms with Gasteiger partial charge in [0.15, 0.2) is 0 Å². The second-order valence-electron chi connectivity index (χ2n) is 6.04. The van der Waals surface area contributed by atoms with Crippen molar-refractivity contribution in [2.45, 2.75) is 36.8 Å². The molecule has 0 radical (unpaired) electrons. The van der Waals surface area contributed by atoms with Gasteiger partial charge in [-0.15, -0.1) is 0 Å². The summed E-state index contributed by atoms with van der Waals surface area (Å²) >= 11 is 0.861. The van der Waals surface area contributed by atoms with Crippen molar-refractivity contribution in [1.29, 1.82) is 5.26 Å². The molecule has 1 unspecified atom stereocenters. The summed E-state index contributed by atoms with van der Waals surface area (Å²) in [5.74, 6) is -0.260. The molecule has 0 fully saturated rings. The van der Waals surface area contributed by atoms with Gasteiger partial charge < -0.3 is 4.90 Å². The average molecular weight is 393 g/mol. The maximum absolute atomic E-state index is 13.2. The zero-order valence-corrected chi connectivity index (χ0v) is 15.9. The number of thioether (sulfide) groups is 1. The van der Waals surface area contributed by atoms with Gasteiger partial charge in [-0.3, -0.25) is 4.79 Å². The van der Waals surface area contributed by atoms with Crippen LogP contribution in [-0.4, -0.2) is 28.1 Å². The lowest BCUT2D eigenvalue weighted by Gasteiger charge is -2.22. The van der Waals surface area contributed by atoms with Crippen LogP contribution in [0.25, 0.3) is 0 Å². The Labute approximate surface area is 160 Å². The Bertz CT molecular complexity index is 863. The van der Waals surface area contributed by atoms with Crippen molar-refractivity contribution in [2.24, 2.45) is 0 Å². The Hall–Kier alpha value is -2.53. The maximum Gasteiger partial charge on any atom is 0.417 e. The van der Waals surface area contributed by atoms with Gasteiger partial charge in [0.1, 0.15) is 11.1 Å². The highest BCUT2D eigenvalue weighted by Crippen LogP contribution is 2.37. The molecule has 0 spiro atoms. The number of pyridine rings is 1. The number of nitriles is 1. The van der Waals surface area contributed by atoms with Crippen LogP contribution in [0.4, 0.5) is 13.2 Å². The minimum Gasteiger partial charge on any atom is -0.340 e. The molecule has 8 heteroatoms. The van der Waals surface area contributed by atoms with Gasteiger partial charge in [-0.2, -0.15) is 18.4 Å². The van der Waals surface area contributed by atoms with Crippen LogP contribution >= 0.6 is 11.8 Å². The number of carbonyl (C=O) groups excluding carboxylic acids is 1. The monoisotopic (exact) mass is 393 g/mol. The molecule has 4 nitrogen and oxygen atoms in total. The van der Waals surface area contributed by atoms with E-state index in [1.165, 1.54) is 11.8 Å². The van der Waals surface area contributed by atoms with Gasteiger partial charge in [0, 0.05) is 19.3 Å². The van der Waals surface area contributed by atoms with Crippen LogP contribution < -0.4 is 0 Å². The third-order valence-electron chi connectivity index (χ3n) is 3.81. The maximum atomic E-state index is 13.2. The highest BCUT2D eigenvalue weighted by molar-refractivity contribution is 8.00. The summed E-state index contributed by atoms with van der Waals surface area (Å²) in [5, 5.41) is 8.43. The largest absolute Gasteiger partial charge is 0.417 e. The van der Waals surface area contributed by atoms with Crippen LogP contribution in [0.15, 0.2) is 41.4 Å². The number of amides is 1. The Morgan fingerprint density at radius 1 is 1.33 bits per heavy atom. The van der Waals surface area contributed by atoms with E-state index in [4.69, 9.17) is 0 Å². The van der Waals surface area contributed by atoms with Crippen molar-refractivity contribution in [1.82, 2.24) is 9.88 Å². The third-order valence-corrected chi connectivity index (χ3v) is 4.88. The van der Waals surface area contributed by atoms with E-state index in [1.807, 2.05) is 30.3 Å². The lowest BCUT2D eigenvalue weighted by Crippen LogP contribution is -2.32. The van der Waals surface area contributed by atoms with Gasteiger partial charge in [0.05, 0.1) is 16.4 Å². The summed E-state index contributed by atoms with van der Waals surface area (Å²) in [5.41, 5.74) is -0.502. The van der Waals surface area contributed by atoms with Gasteiger partial charge in [-0.05, 0) is 25.5 Å². The summed E-state index contributed by atoms with van der Waals surface area (Å²) in [4.78, 5) is 18.1. The Morgan fingerprint density at radius 3 is 2.52 bits per heavy atom. The smallest absolute Gasteiger partial charge is 0.340 e. The number of benzene rings is 1. The zero-order valence-electron chi connectivity index (χ0n) is 15.0. The molecule has 0 bridgehead atoms. The molecule has 1 amide bonds. The fraction of sp³-hybridized carbons (Fsp3) is 0.316. The van der Waals surface area contributed by atoms with Crippen LogP contribution in [-0.2, 0) is 17.5 Å². The van der Waals surface area contributed by atoms with Crippen molar-refractivity contribution in [2.75, 3.05) is 7.05 Å². The van der Waals surface area contributed by atoms with Crippen LogP contribution in [0.3, 0.4) is 0 Å². The lowest BCUT2D eigenvalue weighted by atomic mass is 10.1. The SMILES string of the molecule is Cc1cc(C(F)(F)F)c(C#N)c(SC(C)C(=O)N(C)Cc2ccccc2)n1. The van der Waals surface area contributed by atoms with Crippen molar-refractivity contribution >= 4 is 17.7 Å². The van der Waals surface area contributed by atoms with Crippen molar-refractivity contribution in [3.8, 4) is 6.07 Å². The summed E-state index contributed by atoms with van der Waals surface area (Å²) in [6, 6.07) is 11.8. The number of aryl methyl sites for hydroxylation is 1. The predicted octanol–water partition coefficient (Wildman–Crippen LogP) is 4.42. The minimum atomic E-state index is -4.66. The number of alkyl halides is 3. The zero-order chi connectivity index (χ0) is 20.2. The molecule has 2 rings (SSSR count). The van der Waals surface area contributed by atoms with E-state index in [2.05, 4.69) is 4.98 Å². The second kappa shape index (κ2) is 8.44. The fourth-order valence-electron chi connectivity index (χ4n) is 2.52. The number of halogens is 3. The molecule has 1 aromatic heterocycles. The summed E-state index contributed by atoms with van der Waals surface area (Å²) in [6.45, 7) is 3.39. The molecule has 1 aromatic carbocycles. The first-order valence-electron chi connectivity index (χ1n) is 8.08. The van der Waals surface area contributed by atoms with E-state index in [0.717, 1.165) is 23.4 Å². The molecule has 2 aromatic rings. The van der Waals surface area contributed by atoms with E-state index in [9.17, 15) is 23.2 Å². The Balaban J connectivity index is 2.22. The van der Waals surface area contributed by atoms with Gasteiger partial charge in [-0.25, -0.2) is 4.98 Å². The highest BCUT2D eigenvalue weighted by Gasteiger charge is 2.36. The summed E-state index contributed by atoms with van der Waals surface area (Å²) < 4.78 is 39.6. The first kappa shape index (κ1) is 20.8. The molecular formula is C19H18F3N3OS. The van der Waals surface area contributed by atoms with E-state index in [-0.39, 0.29) is 16.6 Å². The average Bonchev–Trinajstić information content (AvgIpc) is 2.60. The van der Waals surface area contributed by atoms with Gasteiger partial charge in [-0.1, -0.05) is 42.1 Å². The molecule has 0 N–H and O–H groups in total. The van der Waals surface area contributed by atoms with Crippen LogP contribution in [0.1, 0.15) is 29.3 Å². The molecule has 0 aliphatic rings. The Kier molecular flexibility index (Phi) is 6.50. The highest BCUT2D eigenvalue weighted by atomic mass is 32.2. The van der Waals surface area contributed by atoms with Gasteiger partial charge in [0.25, 0.3) is 0 Å². The fourth-order valence-corrected chi connectivity index (χ4v) is 3.61. The number of rotatable bonds is 5. The van der Waals surface area contributed by atoms with E-state index in [0.29, 0.717) is 6.54 Å². The molecule has 142 valence electrons. The number of aromatic nitrogens is 1. The minimum absolute atomic E-state index is 0.0845. The van der Waals surface area contributed by atoms with Crippen molar-refractivity contribution < 1.29 is 18.0 Å². The van der Waals surface area contributed by atoms with Crippen molar-refractivity contribution in [3.63, 3.8) is 0 Å². The van der Waals surface area contributed by atoms with Crippen molar-refractivity contribution in [3.05, 3.63) is 58.8 Å². The normalized spacial score (nSPS) is 12.3. The molecule has 0 saturated carbocycles. The molecule has 1 heterocycles. The lowest BCUT2D eigenvalue weighted by molar-refractivity contribution is -0.138. The predicted molar refractivity (Wildman–Crippen MR) is 96.9 cm³/mol.